The summed E-state index contributed by atoms with van der Waals surface area (Å²) in [5.74, 6) is 1.86. The van der Waals surface area contributed by atoms with Crippen LogP contribution < -0.4 is 4.90 Å². The molecule has 2 aromatic carbocycles. The molecule has 0 saturated carbocycles. The van der Waals surface area contributed by atoms with E-state index in [1.165, 1.54) is 11.1 Å². The van der Waals surface area contributed by atoms with Crippen molar-refractivity contribution in [3.63, 3.8) is 0 Å². The van der Waals surface area contributed by atoms with Gasteiger partial charge in [0.25, 0.3) is 0 Å². The van der Waals surface area contributed by atoms with Crippen LogP contribution >= 0.6 is 0 Å². The predicted molar refractivity (Wildman–Crippen MR) is 132 cm³/mol. The normalized spacial score (nSPS) is 10.5. The van der Waals surface area contributed by atoms with Gasteiger partial charge >= 0.3 is 0 Å². The number of carbonyl (C=O) groups is 1. The summed E-state index contributed by atoms with van der Waals surface area (Å²) in [6.45, 7) is 10.5. The van der Waals surface area contributed by atoms with Crippen molar-refractivity contribution >= 4 is 12.6 Å². The van der Waals surface area contributed by atoms with Crippen LogP contribution in [-0.4, -0.2) is 53.6 Å². The molecule has 3 aromatic rings. The topological polar surface area (TPSA) is 61.6 Å². The van der Waals surface area contributed by atoms with Crippen LogP contribution in [0.25, 0.3) is 11.4 Å². The first kappa shape index (κ1) is 25.0. The molecule has 32 heavy (non-hydrogen) atoms. The maximum absolute atomic E-state index is 9.22. The number of hydrogen-bond acceptors (Lipinski definition) is 5. The molecule has 0 amide bonds. The Hall–Kier alpha value is -3.22. The van der Waals surface area contributed by atoms with Gasteiger partial charge in [-0.2, -0.15) is 0 Å². The van der Waals surface area contributed by atoms with Crippen molar-refractivity contribution in [3.05, 3.63) is 84.2 Å². The van der Waals surface area contributed by atoms with Crippen LogP contribution in [0, 0.1) is 6.92 Å². The molecule has 6 heteroatoms. The van der Waals surface area contributed by atoms with Crippen LogP contribution in [0.5, 0.6) is 0 Å². The lowest BCUT2D eigenvalue weighted by Crippen LogP contribution is -2.24. The largest absolute Gasteiger partial charge is 0.396 e. The fourth-order valence-electron chi connectivity index (χ4n) is 3.53. The minimum absolute atomic E-state index is 0.196. The second-order valence-corrected chi connectivity index (χ2v) is 7.75. The summed E-state index contributed by atoms with van der Waals surface area (Å²) < 4.78 is 2.31. The lowest BCUT2D eigenvalue weighted by Gasteiger charge is -2.21. The highest BCUT2D eigenvalue weighted by molar-refractivity contribution is 5.63. The third-order valence-corrected chi connectivity index (χ3v) is 5.27. The monoisotopic (exact) mass is 434 g/mol. The van der Waals surface area contributed by atoms with E-state index in [4.69, 9.17) is 9.78 Å². The van der Waals surface area contributed by atoms with Crippen LogP contribution in [0.3, 0.4) is 0 Å². The number of nitrogens with zero attached hydrogens (tertiary/aromatic N) is 4. The number of benzene rings is 2. The van der Waals surface area contributed by atoms with Crippen molar-refractivity contribution in [1.29, 1.82) is 0 Å². The quantitative estimate of drug-likeness (QED) is 0.520. The molecule has 0 aliphatic carbocycles. The number of aryl methyl sites for hydroxylation is 1. The summed E-state index contributed by atoms with van der Waals surface area (Å²) in [5, 5.41) is 9.22. The minimum atomic E-state index is 0.196. The molecule has 0 fully saturated rings. The molecule has 0 aliphatic rings. The summed E-state index contributed by atoms with van der Waals surface area (Å²) in [5.41, 5.74) is 4.69. The Bertz CT molecular complexity index is 967. The van der Waals surface area contributed by atoms with E-state index in [-0.39, 0.29) is 6.61 Å². The molecule has 0 saturated heterocycles. The molecule has 0 spiro atoms. The van der Waals surface area contributed by atoms with Gasteiger partial charge in [-0.25, -0.2) is 4.98 Å². The molecule has 3 rings (SSSR count). The van der Waals surface area contributed by atoms with Crippen LogP contribution in [0.2, 0.25) is 0 Å². The molecular weight excluding hydrogens is 400 g/mol. The number of imidazole rings is 1. The van der Waals surface area contributed by atoms with Crippen molar-refractivity contribution in [2.24, 2.45) is 0 Å². The smallest absolute Gasteiger partial charge is 0.155 e. The highest BCUT2D eigenvalue weighted by atomic mass is 16.3. The molecule has 1 N–H and O–H groups in total. The zero-order valence-corrected chi connectivity index (χ0v) is 19.4. The van der Waals surface area contributed by atoms with E-state index in [1.54, 1.807) is 6.20 Å². The van der Waals surface area contributed by atoms with Gasteiger partial charge in [-0.15, -0.1) is 0 Å². The molecular formula is C26H34N4O2. The summed E-state index contributed by atoms with van der Waals surface area (Å²) >= 11 is 0. The number of anilines is 1. The van der Waals surface area contributed by atoms with Gasteiger partial charge in [0.1, 0.15) is 12.6 Å². The molecule has 6 nitrogen and oxygen atoms in total. The lowest BCUT2D eigenvalue weighted by molar-refractivity contribution is -0.0979. The fraction of sp³-hybridized carbons (Fsp3) is 0.308. The Morgan fingerprint density at radius 1 is 1.06 bits per heavy atom. The van der Waals surface area contributed by atoms with Gasteiger partial charge in [-0.1, -0.05) is 66.7 Å². The van der Waals surface area contributed by atoms with E-state index >= 15 is 0 Å². The molecule has 1 heterocycles. The fourth-order valence-corrected chi connectivity index (χ4v) is 3.53. The maximum atomic E-state index is 9.22. The van der Waals surface area contributed by atoms with Gasteiger partial charge in [0.05, 0.1) is 5.69 Å². The van der Waals surface area contributed by atoms with Crippen LogP contribution in [-0.2, 0) is 17.9 Å². The van der Waals surface area contributed by atoms with Crippen molar-refractivity contribution in [2.75, 3.05) is 32.1 Å². The summed E-state index contributed by atoms with van der Waals surface area (Å²) in [6, 6.07) is 19.0. The molecule has 0 unspecified atom stereocenters. The number of hydrogen-bond donors (Lipinski definition) is 1. The summed E-state index contributed by atoms with van der Waals surface area (Å²) in [4.78, 5) is 17.3. The zero-order chi connectivity index (χ0) is 23.5. The summed E-state index contributed by atoms with van der Waals surface area (Å²) in [7, 11) is 4.07. The molecule has 0 aliphatic heterocycles. The SMILES string of the molecule is C=CN(C)c1nc(-c2ccc(C)cc2)n(Cc2ccccc2)c1CN(C)CCCO.C=O. The van der Waals surface area contributed by atoms with E-state index in [0.717, 1.165) is 49.0 Å². The predicted octanol–water partition coefficient (Wildman–Crippen LogP) is 4.12. The Kier molecular flexibility index (Phi) is 9.85. The van der Waals surface area contributed by atoms with Crippen LogP contribution in [0.4, 0.5) is 5.82 Å². The maximum Gasteiger partial charge on any atom is 0.155 e. The first-order valence-electron chi connectivity index (χ1n) is 10.7. The lowest BCUT2D eigenvalue weighted by atomic mass is 10.1. The van der Waals surface area contributed by atoms with E-state index in [0.29, 0.717) is 0 Å². The van der Waals surface area contributed by atoms with Crippen molar-refractivity contribution in [1.82, 2.24) is 14.5 Å². The Balaban J connectivity index is 0.00000176. The standard InChI is InChI=1S/C25H32N4O.CH2O/c1-5-28(4)25-23(19-27(3)16-9-17-30)29(18-21-10-7-6-8-11-21)24(26-25)22-14-12-20(2)13-15-22;1-2/h5-8,10-15,30H,1,9,16-19H2,2-4H3;1H2. The van der Waals surface area contributed by atoms with Crippen LogP contribution in [0.15, 0.2) is 67.4 Å². The highest BCUT2D eigenvalue weighted by Crippen LogP contribution is 2.30. The van der Waals surface area contributed by atoms with Gasteiger partial charge < -0.3 is 24.3 Å². The first-order valence-corrected chi connectivity index (χ1v) is 10.7. The zero-order valence-electron chi connectivity index (χ0n) is 19.4. The van der Waals surface area contributed by atoms with Gasteiger partial charge in [-0.3, -0.25) is 0 Å². The molecule has 0 atom stereocenters. The number of aliphatic hydroxyl groups excluding tert-OH is 1. The number of aliphatic hydroxyl groups is 1. The van der Waals surface area contributed by atoms with E-state index < -0.39 is 0 Å². The third kappa shape index (κ3) is 6.39. The van der Waals surface area contributed by atoms with E-state index in [9.17, 15) is 5.11 Å². The second kappa shape index (κ2) is 12.6. The Morgan fingerprint density at radius 2 is 1.72 bits per heavy atom. The molecule has 0 radical (unpaired) electrons. The Morgan fingerprint density at radius 3 is 2.31 bits per heavy atom. The van der Waals surface area contributed by atoms with E-state index in [1.807, 2.05) is 24.8 Å². The summed E-state index contributed by atoms with van der Waals surface area (Å²) in [6.07, 6.45) is 2.55. The first-order chi connectivity index (χ1) is 15.5. The molecule has 1 aromatic heterocycles. The van der Waals surface area contributed by atoms with E-state index in [2.05, 4.69) is 78.5 Å². The minimum Gasteiger partial charge on any atom is -0.396 e. The molecule has 170 valence electrons. The van der Waals surface area contributed by atoms with Gasteiger partial charge in [0, 0.05) is 38.9 Å². The second-order valence-electron chi connectivity index (χ2n) is 7.75. The third-order valence-electron chi connectivity index (χ3n) is 5.27. The van der Waals surface area contributed by atoms with Crippen LogP contribution in [0.1, 0.15) is 23.2 Å². The van der Waals surface area contributed by atoms with Gasteiger partial charge in [-0.05, 0) is 32.2 Å². The average molecular weight is 435 g/mol. The average Bonchev–Trinajstić information content (AvgIpc) is 3.17. The number of rotatable bonds is 10. The van der Waals surface area contributed by atoms with Gasteiger partial charge in [0.15, 0.2) is 5.82 Å². The van der Waals surface area contributed by atoms with Crippen molar-refractivity contribution in [3.8, 4) is 11.4 Å². The number of aromatic nitrogens is 2. The van der Waals surface area contributed by atoms with Crippen molar-refractivity contribution in [2.45, 2.75) is 26.4 Å². The highest BCUT2D eigenvalue weighted by Gasteiger charge is 2.21. The Labute approximate surface area is 191 Å². The molecule has 0 bridgehead atoms. The van der Waals surface area contributed by atoms with Gasteiger partial charge in [0.2, 0.25) is 0 Å². The van der Waals surface area contributed by atoms with Crippen molar-refractivity contribution < 1.29 is 9.90 Å². The number of carbonyl (C=O) groups excluding carboxylic acids is 1.